The highest BCUT2D eigenvalue weighted by Gasteiger charge is 2.37. The van der Waals surface area contributed by atoms with Crippen molar-refractivity contribution in [3.8, 4) is 0 Å². The second-order valence-corrected chi connectivity index (χ2v) is 7.54. The van der Waals surface area contributed by atoms with Gasteiger partial charge in [-0.2, -0.15) is 8.78 Å². The maximum atomic E-state index is 13.8. The molecular formula is C22H36F2O5. The molecule has 0 rings (SSSR count). The molecule has 2 atom stereocenters. The molecule has 0 unspecified atom stereocenters. The molecule has 168 valence electrons. The van der Waals surface area contributed by atoms with Crippen molar-refractivity contribution >= 4 is 18.0 Å². The van der Waals surface area contributed by atoms with Gasteiger partial charge in [-0.25, -0.2) is 0 Å². The first-order valence-electron chi connectivity index (χ1n) is 10.6. The topological polar surface area (TPSA) is 91.7 Å². The fourth-order valence-corrected chi connectivity index (χ4v) is 3.12. The second kappa shape index (κ2) is 16.2. The largest absolute Gasteiger partial charge is 0.481 e. The van der Waals surface area contributed by atoms with Gasteiger partial charge in [0.1, 0.15) is 6.29 Å². The van der Waals surface area contributed by atoms with Crippen LogP contribution in [0.4, 0.5) is 8.78 Å². The number of ketones is 1. The van der Waals surface area contributed by atoms with Crippen molar-refractivity contribution in [2.75, 3.05) is 0 Å². The Bertz CT molecular complexity index is 505. The molecule has 29 heavy (non-hydrogen) atoms. The number of carboxylic acids is 1. The van der Waals surface area contributed by atoms with Crippen molar-refractivity contribution in [1.82, 2.24) is 0 Å². The summed E-state index contributed by atoms with van der Waals surface area (Å²) in [6.07, 6.45) is 8.30. The lowest BCUT2D eigenvalue weighted by Crippen LogP contribution is -2.30. The van der Waals surface area contributed by atoms with E-state index in [1.165, 1.54) is 0 Å². The smallest absolute Gasteiger partial charge is 0.305 e. The van der Waals surface area contributed by atoms with E-state index in [1.807, 2.05) is 12.2 Å². The van der Waals surface area contributed by atoms with Crippen LogP contribution in [0.3, 0.4) is 0 Å². The van der Waals surface area contributed by atoms with Gasteiger partial charge in [0.2, 0.25) is 5.78 Å². The maximum absolute atomic E-state index is 13.8. The van der Waals surface area contributed by atoms with Crippen molar-refractivity contribution in [1.29, 1.82) is 0 Å². The number of aldehydes is 1. The molecule has 0 saturated heterocycles. The van der Waals surface area contributed by atoms with Gasteiger partial charge in [0.25, 0.3) is 0 Å². The summed E-state index contributed by atoms with van der Waals surface area (Å²) in [5.74, 6) is -5.59. The number of aliphatic hydroxyl groups is 1. The lowest BCUT2D eigenvalue weighted by Gasteiger charge is -2.22. The Morgan fingerprint density at radius 3 is 2.31 bits per heavy atom. The Hall–Kier alpha value is -1.63. The minimum Gasteiger partial charge on any atom is -0.481 e. The fourth-order valence-electron chi connectivity index (χ4n) is 3.12. The SMILES string of the molecule is CCCCC(F)(F)C(=O)CC[C@@H](CC/C=C\CCCCCC(=O)O)[C@H](O)CC=O. The number of Topliss-reactive ketones (excluding diaryl/α,β-unsaturated/α-hetero) is 1. The Morgan fingerprint density at radius 2 is 1.69 bits per heavy atom. The van der Waals surface area contributed by atoms with E-state index in [-0.39, 0.29) is 38.0 Å². The molecule has 0 aromatic heterocycles. The highest BCUT2D eigenvalue weighted by Crippen LogP contribution is 2.27. The van der Waals surface area contributed by atoms with Crippen molar-refractivity contribution in [2.45, 2.75) is 102 Å². The fraction of sp³-hybridized carbons (Fsp3) is 0.773. The molecule has 5 nitrogen and oxygen atoms in total. The first-order chi connectivity index (χ1) is 13.7. The maximum Gasteiger partial charge on any atom is 0.305 e. The third-order valence-electron chi connectivity index (χ3n) is 5.01. The number of alkyl halides is 2. The van der Waals surface area contributed by atoms with Crippen LogP contribution in [0, 0.1) is 5.92 Å². The molecule has 0 radical (unpaired) electrons. The van der Waals surface area contributed by atoms with Crippen molar-refractivity contribution < 1.29 is 33.4 Å². The first kappa shape index (κ1) is 27.4. The molecule has 0 aliphatic heterocycles. The third-order valence-corrected chi connectivity index (χ3v) is 5.01. The highest BCUT2D eigenvalue weighted by molar-refractivity contribution is 5.85. The van der Waals surface area contributed by atoms with Gasteiger partial charge in [0.15, 0.2) is 0 Å². The summed E-state index contributed by atoms with van der Waals surface area (Å²) in [6.45, 7) is 1.79. The molecule has 0 bridgehead atoms. The zero-order valence-electron chi connectivity index (χ0n) is 17.5. The molecule has 2 N–H and O–H groups in total. The van der Waals surface area contributed by atoms with Crippen LogP contribution in [0.1, 0.15) is 90.4 Å². The summed E-state index contributed by atoms with van der Waals surface area (Å²) < 4.78 is 27.6. The van der Waals surface area contributed by atoms with Gasteiger partial charge >= 0.3 is 11.9 Å². The minimum atomic E-state index is -3.32. The summed E-state index contributed by atoms with van der Waals surface area (Å²) >= 11 is 0. The van der Waals surface area contributed by atoms with Crippen LogP contribution in [-0.4, -0.2) is 40.3 Å². The number of carboxylic acid groups (broad SMARTS) is 1. The molecule has 7 heteroatoms. The second-order valence-electron chi connectivity index (χ2n) is 7.54. The average molecular weight is 419 g/mol. The third kappa shape index (κ3) is 14.1. The average Bonchev–Trinajstić information content (AvgIpc) is 2.66. The van der Waals surface area contributed by atoms with E-state index in [2.05, 4.69) is 0 Å². The number of hydrogen-bond donors (Lipinski definition) is 2. The van der Waals surface area contributed by atoms with Gasteiger partial charge in [-0.15, -0.1) is 0 Å². The molecule has 0 aromatic rings. The highest BCUT2D eigenvalue weighted by atomic mass is 19.3. The molecular weight excluding hydrogens is 382 g/mol. The summed E-state index contributed by atoms with van der Waals surface area (Å²) in [5, 5.41) is 18.7. The number of carbonyl (C=O) groups is 3. The molecule has 0 amide bonds. The van der Waals surface area contributed by atoms with Gasteiger partial charge in [0.05, 0.1) is 6.10 Å². The van der Waals surface area contributed by atoms with Crippen molar-refractivity contribution in [2.24, 2.45) is 5.92 Å². The summed E-state index contributed by atoms with van der Waals surface area (Å²) in [6, 6.07) is 0. The Morgan fingerprint density at radius 1 is 1.00 bits per heavy atom. The Kier molecular flexibility index (Phi) is 15.3. The van der Waals surface area contributed by atoms with Crippen LogP contribution in [-0.2, 0) is 14.4 Å². The molecule has 0 spiro atoms. The summed E-state index contributed by atoms with van der Waals surface area (Å²) in [4.78, 5) is 32.9. The predicted molar refractivity (Wildman–Crippen MR) is 108 cm³/mol. The van der Waals surface area contributed by atoms with Gasteiger partial charge < -0.3 is 15.0 Å². The zero-order chi connectivity index (χ0) is 22.1. The molecule has 0 heterocycles. The Balaban J connectivity index is 4.35. The molecule has 0 saturated carbocycles. The summed E-state index contributed by atoms with van der Waals surface area (Å²) in [7, 11) is 0. The number of carbonyl (C=O) groups excluding carboxylic acids is 2. The molecule has 0 aromatic carbocycles. The van der Waals surface area contributed by atoms with Gasteiger partial charge in [-0.05, 0) is 50.9 Å². The first-order valence-corrected chi connectivity index (χ1v) is 10.6. The number of aliphatic carboxylic acids is 1. The van der Waals surface area contributed by atoms with Crippen molar-refractivity contribution in [3.05, 3.63) is 12.2 Å². The van der Waals surface area contributed by atoms with E-state index in [4.69, 9.17) is 5.11 Å². The van der Waals surface area contributed by atoms with Crippen LogP contribution < -0.4 is 0 Å². The lowest BCUT2D eigenvalue weighted by atomic mass is 9.88. The Labute approximate surface area is 172 Å². The number of allylic oxidation sites excluding steroid dienone is 2. The molecule has 0 aliphatic carbocycles. The zero-order valence-corrected chi connectivity index (χ0v) is 17.5. The normalized spacial score (nSPS) is 14.1. The standard InChI is InChI=1S/C22H36F2O5/c1-2-3-16-22(23,24)20(27)14-13-18(19(26)15-17-25)11-9-7-5-4-6-8-10-12-21(28)29/h5,7,17-19,26H,2-4,6,8-16H2,1H3,(H,28,29)/b7-5-/t18-,19-/m1/s1. The number of unbranched alkanes of at least 4 members (excludes halogenated alkanes) is 4. The van der Waals surface area contributed by atoms with E-state index < -0.39 is 30.2 Å². The number of rotatable bonds is 19. The molecule has 0 fully saturated rings. The predicted octanol–water partition coefficient (Wildman–Crippen LogP) is 5.10. The van der Waals surface area contributed by atoms with Gasteiger partial charge in [0, 0.05) is 25.7 Å². The summed E-state index contributed by atoms with van der Waals surface area (Å²) in [5.41, 5.74) is 0. The van der Waals surface area contributed by atoms with E-state index in [9.17, 15) is 28.3 Å². The lowest BCUT2D eigenvalue weighted by molar-refractivity contribution is -0.144. The van der Waals surface area contributed by atoms with E-state index in [0.29, 0.717) is 32.0 Å². The van der Waals surface area contributed by atoms with Crippen molar-refractivity contribution in [3.63, 3.8) is 0 Å². The number of aliphatic hydroxyl groups excluding tert-OH is 1. The van der Waals surface area contributed by atoms with Crippen LogP contribution in [0.15, 0.2) is 12.2 Å². The van der Waals surface area contributed by atoms with Crippen LogP contribution >= 0.6 is 0 Å². The quantitative estimate of drug-likeness (QED) is 0.173. The van der Waals surface area contributed by atoms with Gasteiger partial charge in [-0.1, -0.05) is 31.9 Å². The van der Waals surface area contributed by atoms with Crippen LogP contribution in [0.5, 0.6) is 0 Å². The van der Waals surface area contributed by atoms with E-state index in [0.717, 1.165) is 19.3 Å². The van der Waals surface area contributed by atoms with Crippen LogP contribution in [0.2, 0.25) is 0 Å². The molecule has 0 aliphatic rings. The van der Waals surface area contributed by atoms with E-state index in [1.54, 1.807) is 6.92 Å². The monoisotopic (exact) mass is 418 g/mol. The van der Waals surface area contributed by atoms with Crippen LogP contribution in [0.25, 0.3) is 0 Å². The van der Waals surface area contributed by atoms with Gasteiger partial charge in [-0.3, -0.25) is 9.59 Å². The van der Waals surface area contributed by atoms with E-state index >= 15 is 0 Å². The number of hydrogen-bond acceptors (Lipinski definition) is 4. The number of halogens is 2. The minimum absolute atomic E-state index is 0.0711.